The van der Waals surface area contributed by atoms with Gasteiger partial charge in [0.05, 0.1) is 0 Å². The summed E-state index contributed by atoms with van der Waals surface area (Å²) in [5.74, 6) is 0. The number of benzene rings is 8. The molecule has 0 atom stereocenters. The lowest BCUT2D eigenvalue weighted by Crippen LogP contribution is -2.30. The molecule has 8 aromatic rings. The molecule has 0 saturated heterocycles. The van der Waals surface area contributed by atoms with E-state index in [-0.39, 0.29) is 10.8 Å². The van der Waals surface area contributed by atoms with Crippen molar-refractivity contribution in [2.24, 2.45) is 0 Å². The Balaban J connectivity index is 1.47. The van der Waals surface area contributed by atoms with Crippen LogP contribution in [-0.2, 0) is 23.7 Å². The Labute approximate surface area is 361 Å². The Hall–Kier alpha value is -6.50. The molecule has 0 amide bonds. The summed E-state index contributed by atoms with van der Waals surface area (Å²) < 4.78 is 0. The van der Waals surface area contributed by atoms with Gasteiger partial charge in [-0.1, -0.05) is 211 Å². The SMILES string of the molecule is CC(C)(C)c1cc2c(cc1-c1ccccc1)=Cc1c(C3=CC=CC3)c(-c3ccccc3)c(C(C)(C)C)c(=C(Cc3cccc4ccccc34)Cc3cccc4ccccc34)c1=2. The van der Waals surface area contributed by atoms with Gasteiger partial charge < -0.3 is 0 Å². The maximum atomic E-state index is 2.58. The van der Waals surface area contributed by atoms with E-state index in [0.29, 0.717) is 0 Å². The van der Waals surface area contributed by atoms with Gasteiger partial charge in [-0.3, -0.25) is 0 Å². The normalized spacial score (nSPS) is 13.3. The van der Waals surface area contributed by atoms with E-state index in [4.69, 9.17) is 0 Å². The molecule has 298 valence electrons. The molecule has 8 aromatic carbocycles. The van der Waals surface area contributed by atoms with Crippen LogP contribution >= 0.6 is 0 Å². The molecule has 0 spiro atoms. The smallest absolute Gasteiger partial charge is 0.00232 e. The van der Waals surface area contributed by atoms with E-state index in [1.807, 2.05) is 0 Å². The molecule has 10 rings (SSSR count). The first kappa shape index (κ1) is 38.7. The zero-order chi connectivity index (χ0) is 41.9. The van der Waals surface area contributed by atoms with E-state index in [1.165, 1.54) is 109 Å². The maximum absolute atomic E-state index is 2.58. The minimum Gasteiger partial charge on any atom is -0.0801 e. The fourth-order valence-electron chi connectivity index (χ4n) is 10.3. The molecule has 0 aromatic heterocycles. The van der Waals surface area contributed by atoms with Gasteiger partial charge in [0, 0.05) is 0 Å². The molecule has 2 aliphatic carbocycles. The monoisotopic (exact) mass is 786 g/mol. The summed E-state index contributed by atoms with van der Waals surface area (Å²) in [7, 11) is 0. The average Bonchev–Trinajstić information content (AvgIpc) is 3.94. The van der Waals surface area contributed by atoms with Gasteiger partial charge in [0.15, 0.2) is 0 Å². The highest BCUT2D eigenvalue weighted by Gasteiger charge is 2.31. The Morgan fingerprint density at radius 1 is 0.541 bits per heavy atom. The summed E-state index contributed by atoms with van der Waals surface area (Å²) in [4.78, 5) is 0. The maximum Gasteiger partial charge on any atom is -0.00232 e. The number of allylic oxidation sites excluding steroid dienone is 4. The van der Waals surface area contributed by atoms with Gasteiger partial charge in [-0.05, 0) is 152 Å². The van der Waals surface area contributed by atoms with Gasteiger partial charge in [0.25, 0.3) is 0 Å². The third-order valence-corrected chi connectivity index (χ3v) is 13.0. The Bertz CT molecular complexity index is 3210. The van der Waals surface area contributed by atoms with Crippen LogP contribution < -0.4 is 10.4 Å². The first-order valence-corrected chi connectivity index (χ1v) is 22.1. The second-order valence-electron chi connectivity index (χ2n) is 19.2. The molecule has 0 unspecified atom stereocenters. The Kier molecular flexibility index (Phi) is 9.64. The lowest BCUT2D eigenvalue weighted by molar-refractivity contribution is 0.586. The molecule has 0 fully saturated rings. The first-order valence-electron chi connectivity index (χ1n) is 22.1. The van der Waals surface area contributed by atoms with Gasteiger partial charge in [-0.25, -0.2) is 0 Å². The van der Waals surface area contributed by atoms with Crippen molar-refractivity contribution in [3.63, 3.8) is 0 Å². The van der Waals surface area contributed by atoms with Crippen LogP contribution in [0.5, 0.6) is 0 Å². The van der Waals surface area contributed by atoms with Gasteiger partial charge in [-0.2, -0.15) is 0 Å². The van der Waals surface area contributed by atoms with E-state index in [9.17, 15) is 0 Å². The number of hydrogen-bond donors (Lipinski definition) is 0. The summed E-state index contributed by atoms with van der Waals surface area (Å²) >= 11 is 0. The molecular weight excluding hydrogens is 733 g/mol. The van der Waals surface area contributed by atoms with Crippen LogP contribution in [0, 0.1) is 10.4 Å². The molecule has 0 N–H and O–H groups in total. The molecule has 0 heteroatoms. The zero-order valence-electron chi connectivity index (χ0n) is 36.4. The molecule has 0 saturated carbocycles. The van der Waals surface area contributed by atoms with Crippen LogP contribution in [-0.4, -0.2) is 0 Å². The topological polar surface area (TPSA) is 0 Å². The quantitative estimate of drug-likeness (QED) is 0.151. The second kappa shape index (κ2) is 15.2. The van der Waals surface area contributed by atoms with Gasteiger partial charge >= 0.3 is 0 Å². The van der Waals surface area contributed by atoms with Crippen molar-refractivity contribution in [2.75, 3.05) is 0 Å². The van der Waals surface area contributed by atoms with Crippen LogP contribution in [0.3, 0.4) is 0 Å². The average molecular weight is 787 g/mol. The van der Waals surface area contributed by atoms with E-state index in [2.05, 4.69) is 224 Å². The van der Waals surface area contributed by atoms with Crippen LogP contribution in [0.2, 0.25) is 0 Å². The van der Waals surface area contributed by atoms with Crippen molar-refractivity contribution in [3.05, 3.63) is 230 Å². The fourth-order valence-corrected chi connectivity index (χ4v) is 10.3. The van der Waals surface area contributed by atoms with Crippen molar-refractivity contribution in [2.45, 2.75) is 71.6 Å². The van der Waals surface area contributed by atoms with Crippen LogP contribution in [0.15, 0.2) is 176 Å². The van der Waals surface area contributed by atoms with Crippen LogP contribution in [0.25, 0.3) is 61.0 Å². The fraction of sp³-hybridized carbons (Fsp3) is 0.180. The van der Waals surface area contributed by atoms with E-state index >= 15 is 0 Å². The Morgan fingerprint density at radius 3 is 1.66 bits per heavy atom. The molecule has 61 heavy (non-hydrogen) atoms. The summed E-state index contributed by atoms with van der Waals surface area (Å²) in [5.41, 5.74) is 16.1. The Morgan fingerprint density at radius 2 is 1.10 bits per heavy atom. The highest BCUT2D eigenvalue weighted by molar-refractivity contribution is 5.94. The summed E-state index contributed by atoms with van der Waals surface area (Å²) in [6, 6.07) is 59.0. The number of fused-ring (bicyclic) bond motifs is 4. The molecule has 2 aliphatic rings. The van der Waals surface area contributed by atoms with E-state index in [1.54, 1.807) is 0 Å². The first-order chi connectivity index (χ1) is 29.5. The molecule has 0 heterocycles. The highest BCUT2D eigenvalue weighted by Crippen LogP contribution is 2.43. The predicted molar refractivity (Wildman–Crippen MR) is 262 cm³/mol. The molecule has 0 radical (unpaired) electrons. The minimum absolute atomic E-state index is 0.0842. The van der Waals surface area contributed by atoms with Crippen molar-refractivity contribution in [1.82, 2.24) is 0 Å². The molecule has 0 aliphatic heterocycles. The highest BCUT2D eigenvalue weighted by atomic mass is 14.3. The van der Waals surface area contributed by atoms with Crippen molar-refractivity contribution < 1.29 is 0 Å². The van der Waals surface area contributed by atoms with Crippen molar-refractivity contribution in [3.8, 4) is 22.3 Å². The number of hydrogen-bond acceptors (Lipinski definition) is 0. The summed E-state index contributed by atoms with van der Waals surface area (Å²) in [5, 5.41) is 10.7. The largest absolute Gasteiger partial charge is 0.0801 e. The summed E-state index contributed by atoms with van der Waals surface area (Å²) in [6.07, 6.45) is 12.1. The molecule has 0 nitrogen and oxygen atoms in total. The lowest BCUT2D eigenvalue weighted by Gasteiger charge is -2.30. The van der Waals surface area contributed by atoms with E-state index < -0.39 is 0 Å². The van der Waals surface area contributed by atoms with Gasteiger partial charge in [0.2, 0.25) is 0 Å². The predicted octanol–water partition coefficient (Wildman–Crippen LogP) is 14.3. The lowest BCUT2D eigenvalue weighted by atomic mass is 9.73. The molecular formula is C61H54. The van der Waals surface area contributed by atoms with Crippen molar-refractivity contribution in [1.29, 1.82) is 0 Å². The standard InChI is InChI=1S/C61H54/c1-60(2,3)54-39-52-47(37-51(54)42-21-9-7-10-22-42)38-53-55(43-27-13-14-28-43)56(44-25-11-8-12-26-44)59(61(4,5)6)57(58(52)53)48(35-45-31-19-29-40-23-15-17-33-49(40)45)36-46-32-20-30-41-24-16-18-34-50(41)46/h7-27,29-34,37-39H,28,35-36H2,1-6H3. The minimum atomic E-state index is -0.209. The number of rotatable bonds is 7. The second-order valence-corrected chi connectivity index (χ2v) is 19.2. The van der Waals surface area contributed by atoms with Crippen molar-refractivity contribution >= 4 is 38.8 Å². The van der Waals surface area contributed by atoms with Crippen LogP contribution in [0.4, 0.5) is 0 Å². The third kappa shape index (κ3) is 6.99. The third-order valence-electron chi connectivity index (χ3n) is 13.0. The summed E-state index contributed by atoms with van der Waals surface area (Å²) in [6.45, 7) is 14.5. The van der Waals surface area contributed by atoms with Gasteiger partial charge in [0.1, 0.15) is 0 Å². The molecule has 0 bridgehead atoms. The van der Waals surface area contributed by atoms with Crippen LogP contribution in [0.1, 0.15) is 81.3 Å². The van der Waals surface area contributed by atoms with E-state index in [0.717, 1.165) is 19.3 Å². The zero-order valence-corrected chi connectivity index (χ0v) is 36.4. The van der Waals surface area contributed by atoms with Gasteiger partial charge in [-0.15, -0.1) is 0 Å².